The Morgan fingerprint density at radius 3 is 2.36 bits per heavy atom. The summed E-state index contributed by atoms with van der Waals surface area (Å²) in [6, 6.07) is 25.8. The number of carbonyl (C=O) groups excluding carboxylic acids is 2. The number of carbonyl (C=O) groups is 2. The molecule has 1 fully saturated rings. The van der Waals surface area contributed by atoms with Crippen LogP contribution in [0.5, 0.6) is 5.75 Å². The molecule has 3 aromatic rings. The van der Waals surface area contributed by atoms with Gasteiger partial charge in [0, 0.05) is 13.1 Å². The summed E-state index contributed by atoms with van der Waals surface area (Å²) in [4.78, 5) is 27.7. The highest BCUT2D eigenvalue weighted by Gasteiger charge is 2.42. The highest BCUT2D eigenvalue weighted by atomic mass is 16.5. The molecule has 2 amide bonds. The molecule has 3 aromatic carbocycles. The quantitative estimate of drug-likeness (QED) is 0.595. The van der Waals surface area contributed by atoms with Gasteiger partial charge in [0.05, 0.1) is 18.9 Å². The molecule has 5 nitrogen and oxygen atoms in total. The molecule has 2 N–H and O–H groups in total. The summed E-state index contributed by atoms with van der Waals surface area (Å²) in [5, 5.41) is 0. The van der Waals surface area contributed by atoms with Crippen LogP contribution in [0, 0.1) is 5.41 Å². The topological polar surface area (TPSA) is 72.6 Å². The number of ether oxygens (including phenoxy) is 1. The molecule has 1 saturated heterocycles. The van der Waals surface area contributed by atoms with Gasteiger partial charge in [-0.25, -0.2) is 0 Å². The maximum absolute atomic E-state index is 13.1. The molecule has 1 aliphatic rings. The Kier molecular flexibility index (Phi) is 6.78. The minimum atomic E-state index is -0.779. The lowest BCUT2D eigenvalue weighted by Gasteiger charge is -2.41. The molecule has 1 atom stereocenters. The fourth-order valence-corrected chi connectivity index (χ4v) is 4.75. The monoisotopic (exact) mass is 442 g/mol. The molecule has 33 heavy (non-hydrogen) atoms. The van der Waals surface area contributed by atoms with Crippen molar-refractivity contribution in [3.05, 3.63) is 90.0 Å². The van der Waals surface area contributed by atoms with Gasteiger partial charge in [-0.2, -0.15) is 0 Å². The third-order valence-electron chi connectivity index (χ3n) is 6.60. The van der Waals surface area contributed by atoms with Gasteiger partial charge in [0.1, 0.15) is 5.75 Å². The van der Waals surface area contributed by atoms with Crippen molar-refractivity contribution >= 4 is 11.8 Å². The molecule has 5 heteroatoms. The zero-order valence-electron chi connectivity index (χ0n) is 19.0. The number of hydrogen-bond acceptors (Lipinski definition) is 3. The number of rotatable bonds is 7. The maximum atomic E-state index is 13.1. The van der Waals surface area contributed by atoms with Crippen molar-refractivity contribution in [2.75, 3.05) is 20.2 Å². The van der Waals surface area contributed by atoms with Crippen LogP contribution >= 0.6 is 0 Å². The number of hydrogen-bond donors (Lipinski definition) is 1. The summed E-state index contributed by atoms with van der Waals surface area (Å²) >= 11 is 0. The Hall–Kier alpha value is -3.60. The molecule has 0 bridgehead atoms. The van der Waals surface area contributed by atoms with Gasteiger partial charge in [-0.05, 0) is 53.6 Å². The molecule has 170 valence electrons. The second-order valence-corrected chi connectivity index (χ2v) is 8.79. The van der Waals surface area contributed by atoms with E-state index in [1.54, 1.807) is 7.11 Å². The van der Waals surface area contributed by atoms with Crippen molar-refractivity contribution in [3.8, 4) is 16.9 Å². The number of primary amides is 1. The van der Waals surface area contributed by atoms with E-state index in [-0.39, 0.29) is 11.8 Å². The summed E-state index contributed by atoms with van der Waals surface area (Å²) in [5.74, 6) is 0.433. The summed E-state index contributed by atoms with van der Waals surface area (Å²) in [5.41, 5.74) is 9.42. The van der Waals surface area contributed by atoms with Crippen LogP contribution in [0.4, 0.5) is 0 Å². The molecular formula is C28H30N2O3. The van der Waals surface area contributed by atoms with Gasteiger partial charge in [0.25, 0.3) is 0 Å². The molecule has 4 rings (SSSR count). The maximum Gasteiger partial charge on any atom is 0.227 e. The van der Waals surface area contributed by atoms with Crippen molar-refractivity contribution in [1.29, 1.82) is 0 Å². The number of nitrogens with two attached hydrogens (primary N) is 1. The van der Waals surface area contributed by atoms with E-state index < -0.39 is 5.41 Å². The minimum Gasteiger partial charge on any atom is -0.497 e. The highest BCUT2D eigenvalue weighted by Crippen LogP contribution is 2.37. The summed E-state index contributed by atoms with van der Waals surface area (Å²) in [6.07, 6.45) is 2.24. The van der Waals surface area contributed by atoms with E-state index in [0.29, 0.717) is 32.4 Å². The second kappa shape index (κ2) is 9.90. The van der Waals surface area contributed by atoms with Crippen molar-refractivity contribution in [2.24, 2.45) is 11.1 Å². The van der Waals surface area contributed by atoms with Crippen LogP contribution in [0.1, 0.15) is 24.0 Å². The first-order valence-corrected chi connectivity index (χ1v) is 11.3. The number of amides is 2. The van der Waals surface area contributed by atoms with Gasteiger partial charge in [-0.3, -0.25) is 9.59 Å². The number of piperidine rings is 1. The first-order chi connectivity index (χ1) is 16.0. The fraction of sp³-hybridized carbons (Fsp3) is 0.286. The van der Waals surface area contributed by atoms with Crippen molar-refractivity contribution < 1.29 is 14.3 Å². The van der Waals surface area contributed by atoms with Crippen molar-refractivity contribution in [1.82, 2.24) is 4.90 Å². The minimum absolute atomic E-state index is 0.0156. The zero-order chi connectivity index (χ0) is 23.3. The number of nitrogens with zero attached hydrogens (tertiary/aromatic N) is 1. The van der Waals surface area contributed by atoms with E-state index in [1.165, 1.54) is 0 Å². The Labute approximate surface area is 195 Å². The molecule has 1 heterocycles. The van der Waals surface area contributed by atoms with E-state index in [0.717, 1.165) is 34.4 Å². The summed E-state index contributed by atoms with van der Waals surface area (Å²) in [6.45, 7) is 0.991. The van der Waals surface area contributed by atoms with Gasteiger partial charge < -0.3 is 15.4 Å². The largest absolute Gasteiger partial charge is 0.497 e. The van der Waals surface area contributed by atoms with Crippen LogP contribution < -0.4 is 10.5 Å². The number of benzene rings is 3. The van der Waals surface area contributed by atoms with Crippen LogP contribution in [0.3, 0.4) is 0 Å². The van der Waals surface area contributed by atoms with Gasteiger partial charge in [0.15, 0.2) is 0 Å². The summed E-state index contributed by atoms with van der Waals surface area (Å²) < 4.78 is 5.20. The van der Waals surface area contributed by atoms with Crippen LogP contribution in [0.15, 0.2) is 78.9 Å². The average molecular weight is 443 g/mol. The predicted molar refractivity (Wildman–Crippen MR) is 130 cm³/mol. The predicted octanol–water partition coefficient (Wildman–Crippen LogP) is 4.24. The standard InChI is InChI=1S/C28H30N2O3/c1-33-24-14-12-21(13-15-24)18-26(31)30-17-7-16-28(20-30,27(29)32)19-23-10-5-6-11-25(23)22-8-3-2-4-9-22/h2-6,8-15H,7,16-20H2,1H3,(H2,29,32). The normalized spacial score (nSPS) is 18.0. The van der Waals surface area contributed by atoms with E-state index in [4.69, 9.17) is 10.5 Å². The van der Waals surface area contributed by atoms with Gasteiger partial charge in [0.2, 0.25) is 11.8 Å². The lowest BCUT2D eigenvalue weighted by molar-refractivity contribution is -0.139. The molecule has 0 spiro atoms. The highest BCUT2D eigenvalue weighted by molar-refractivity contribution is 5.85. The number of likely N-dealkylation sites (tertiary alicyclic amines) is 1. The molecular weight excluding hydrogens is 412 g/mol. The first kappa shape index (κ1) is 22.6. The third kappa shape index (κ3) is 5.08. The van der Waals surface area contributed by atoms with Gasteiger partial charge in [-0.1, -0.05) is 66.7 Å². The molecule has 1 aliphatic heterocycles. The van der Waals surface area contributed by atoms with Crippen molar-refractivity contribution in [3.63, 3.8) is 0 Å². The van der Waals surface area contributed by atoms with Crippen LogP contribution in [-0.4, -0.2) is 36.9 Å². The van der Waals surface area contributed by atoms with Crippen LogP contribution in [0.25, 0.3) is 11.1 Å². The molecule has 0 radical (unpaired) electrons. The number of methoxy groups -OCH3 is 1. The van der Waals surface area contributed by atoms with E-state index in [2.05, 4.69) is 24.3 Å². The summed E-state index contributed by atoms with van der Waals surface area (Å²) in [7, 11) is 1.62. The lowest BCUT2D eigenvalue weighted by Crippen LogP contribution is -2.53. The SMILES string of the molecule is COc1ccc(CC(=O)N2CCCC(Cc3ccccc3-c3ccccc3)(C(N)=O)C2)cc1. The Bertz CT molecular complexity index is 1110. The Morgan fingerprint density at radius 1 is 0.970 bits per heavy atom. The first-order valence-electron chi connectivity index (χ1n) is 11.3. The average Bonchev–Trinajstić information content (AvgIpc) is 2.85. The molecule has 1 unspecified atom stereocenters. The zero-order valence-corrected chi connectivity index (χ0v) is 19.0. The van der Waals surface area contributed by atoms with Gasteiger partial charge >= 0.3 is 0 Å². The van der Waals surface area contributed by atoms with E-state index >= 15 is 0 Å². The van der Waals surface area contributed by atoms with Crippen molar-refractivity contribution in [2.45, 2.75) is 25.7 Å². The lowest BCUT2D eigenvalue weighted by atomic mass is 9.73. The Morgan fingerprint density at radius 2 is 1.67 bits per heavy atom. The van der Waals surface area contributed by atoms with Crippen LogP contribution in [-0.2, 0) is 22.4 Å². The smallest absolute Gasteiger partial charge is 0.227 e. The van der Waals surface area contributed by atoms with E-state index in [1.807, 2.05) is 59.5 Å². The third-order valence-corrected chi connectivity index (χ3v) is 6.60. The molecule has 0 saturated carbocycles. The Balaban J connectivity index is 1.55. The fourth-order valence-electron chi connectivity index (χ4n) is 4.75. The second-order valence-electron chi connectivity index (χ2n) is 8.79. The van der Waals surface area contributed by atoms with Crippen LogP contribution in [0.2, 0.25) is 0 Å². The van der Waals surface area contributed by atoms with E-state index in [9.17, 15) is 9.59 Å². The molecule has 0 aliphatic carbocycles. The van der Waals surface area contributed by atoms with Gasteiger partial charge in [-0.15, -0.1) is 0 Å². The molecule has 0 aromatic heterocycles.